The Morgan fingerprint density at radius 1 is 1.14 bits per heavy atom. The Morgan fingerprint density at radius 3 is 2.57 bits per heavy atom. The van der Waals surface area contributed by atoms with Gasteiger partial charge in [-0.15, -0.1) is 0 Å². The van der Waals surface area contributed by atoms with E-state index in [1.807, 2.05) is 48.7 Å². The summed E-state index contributed by atoms with van der Waals surface area (Å²) in [5.74, 6) is 0.233. The van der Waals surface area contributed by atoms with Crippen LogP contribution in [0.25, 0.3) is 10.9 Å². The number of Topliss-reactive ketones (excluding diaryl/α,β-unsaturated/α-hetero) is 1. The molecule has 21 heavy (non-hydrogen) atoms. The fraction of sp³-hybridized carbons (Fsp3) is 0.167. The molecule has 0 spiro atoms. The fourth-order valence-electron chi connectivity index (χ4n) is 2.77. The van der Waals surface area contributed by atoms with Crippen LogP contribution in [0, 0.1) is 0 Å². The molecular weight excluding hydrogens is 282 g/mol. The van der Waals surface area contributed by atoms with Gasteiger partial charge in [0, 0.05) is 34.5 Å². The number of hydrogen-bond acceptors (Lipinski definition) is 1. The van der Waals surface area contributed by atoms with Crippen LogP contribution in [0.15, 0.2) is 54.7 Å². The minimum atomic E-state index is 0.0518. The van der Waals surface area contributed by atoms with E-state index in [0.29, 0.717) is 11.4 Å². The largest absolute Gasteiger partial charge is 0.361 e. The molecule has 1 atom stereocenters. The molecule has 3 aromatic rings. The first-order valence-electron chi connectivity index (χ1n) is 6.96. The van der Waals surface area contributed by atoms with Crippen LogP contribution >= 0.6 is 11.6 Å². The topological polar surface area (TPSA) is 32.9 Å². The van der Waals surface area contributed by atoms with Crippen LogP contribution < -0.4 is 0 Å². The number of halogens is 1. The molecule has 0 radical (unpaired) electrons. The van der Waals surface area contributed by atoms with Crippen LogP contribution in [0.4, 0.5) is 0 Å². The van der Waals surface area contributed by atoms with Gasteiger partial charge in [-0.05, 0) is 36.2 Å². The van der Waals surface area contributed by atoms with Crippen molar-refractivity contribution in [3.63, 3.8) is 0 Å². The monoisotopic (exact) mass is 297 g/mol. The molecule has 0 unspecified atom stereocenters. The number of H-pyrrole nitrogens is 1. The summed E-state index contributed by atoms with van der Waals surface area (Å²) < 4.78 is 0. The van der Waals surface area contributed by atoms with E-state index in [1.54, 1.807) is 6.92 Å². The average molecular weight is 298 g/mol. The highest BCUT2D eigenvalue weighted by Gasteiger charge is 2.19. The molecule has 2 aromatic carbocycles. The van der Waals surface area contributed by atoms with Crippen molar-refractivity contribution < 1.29 is 4.79 Å². The van der Waals surface area contributed by atoms with Gasteiger partial charge in [-0.1, -0.05) is 41.9 Å². The van der Waals surface area contributed by atoms with Crippen molar-refractivity contribution in [1.29, 1.82) is 0 Å². The Hall–Kier alpha value is -2.06. The SMILES string of the molecule is CC(=O)C[C@@H](c1ccc(Cl)cc1)c1c[nH]c2ccccc12. The third-order valence-corrected chi connectivity index (χ3v) is 4.01. The highest BCUT2D eigenvalue weighted by atomic mass is 35.5. The second-order valence-corrected chi connectivity index (χ2v) is 5.74. The number of aromatic nitrogens is 1. The van der Waals surface area contributed by atoms with E-state index >= 15 is 0 Å². The zero-order valence-electron chi connectivity index (χ0n) is 11.8. The lowest BCUT2D eigenvalue weighted by Gasteiger charge is -2.16. The highest BCUT2D eigenvalue weighted by molar-refractivity contribution is 6.30. The fourth-order valence-corrected chi connectivity index (χ4v) is 2.90. The third kappa shape index (κ3) is 2.86. The first-order valence-corrected chi connectivity index (χ1v) is 7.34. The lowest BCUT2D eigenvalue weighted by Crippen LogP contribution is -2.05. The molecule has 0 saturated carbocycles. The number of carbonyl (C=O) groups excluding carboxylic acids is 1. The molecule has 0 aliphatic heterocycles. The Bertz CT molecular complexity index is 773. The number of fused-ring (bicyclic) bond motifs is 1. The van der Waals surface area contributed by atoms with E-state index in [-0.39, 0.29) is 11.7 Å². The summed E-state index contributed by atoms with van der Waals surface area (Å²) in [4.78, 5) is 15.0. The van der Waals surface area contributed by atoms with Crippen LogP contribution in [0.2, 0.25) is 5.02 Å². The summed E-state index contributed by atoms with van der Waals surface area (Å²) in [5, 5.41) is 1.87. The highest BCUT2D eigenvalue weighted by Crippen LogP contribution is 2.33. The van der Waals surface area contributed by atoms with Crippen LogP contribution in [-0.2, 0) is 4.79 Å². The maximum absolute atomic E-state index is 11.7. The van der Waals surface area contributed by atoms with Crippen molar-refractivity contribution in [1.82, 2.24) is 4.98 Å². The smallest absolute Gasteiger partial charge is 0.130 e. The standard InChI is InChI=1S/C18H16ClNO/c1-12(21)10-16(13-6-8-14(19)9-7-13)17-11-20-18-5-3-2-4-15(17)18/h2-9,11,16,20H,10H2,1H3/t16-/m0/s1. The summed E-state index contributed by atoms with van der Waals surface area (Å²) in [7, 11) is 0. The van der Waals surface area contributed by atoms with Gasteiger partial charge in [0.1, 0.15) is 5.78 Å². The van der Waals surface area contributed by atoms with Crippen LogP contribution in [0.5, 0.6) is 0 Å². The number of nitrogens with one attached hydrogen (secondary N) is 1. The van der Waals surface area contributed by atoms with Crippen molar-refractivity contribution >= 4 is 28.3 Å². The van der Waals surface area contributed by atoms with E-state index in [9.17, 15) is 4.79 Å². The lowest BCUT2D eigenvalue weighted by molar-refractivity contribution is -0.117. The lowest BCUT2D eigenvalue weighted by atomic mass is 9.87. The molecule has 0 saturated heterocycles. The Labute approximate surface area is 128 Å². The summed E-state index contributed by atoms with van der Waals surface area (Å²) in [6, 6.07) is 15.9. The number of ketones is 1. The molecule has 0 bridgehead atoms. The molecule has 0 amide bonds. The third-order valence-electron chi connectivity index (χ3n) is 3.76. The first kappa shape index (κ1) is 13.9. The molecule has 1 aromatic heterocycles. The average Bonchev–Trinajstić information content (AvgIpc) is 2.89. The maximum Gasteiger partial charge on any atom is 0.130 e. The number of hydrogen-bond donors (Lipinski definition) is 1. The van der Waals surface area contributed by atoms with Crippen molar-refractivity contribution in [2.24, 2.45) is 0 Å². The van der Waals surface area contributed by atoms with Gasteiger partial charge in [-0.25, -0.2) is 0 Å². The van der Waals surface area contributed by atoms with E-state index in [1.165, 1.54) is 5.39 Å². The minimum absolute atomic E-state index is 0.0518. The summed E-state index contributed by atoms with van der Waals surface area (Å²) in [6.45, 7) is 1.64. The number of rotatable bonds is 4. The van der Waals surface area contributed by atoms with Gasteiger partial charge in [0.2, 0.25) is 0 Å². The number of benzene rings is 2. The summed E-state index contributed by atoms with van der Waals surface area (Å²) >= 11 is 5.97. The van der Waals surface area contributed by atoms with Crippen molar-refractivity contribution in [3.05, 3.63) is 70.9 Å². The molecule has 106 valence electrons. The Kier molecular flexibility index (Phi) is 3.80. The van der Waals surface area contributed by atoms with Gasteiger partial charge in [0.25, 0.3) is 0 Å². The number of carbonyl (C=O) groups is 1. The molecule has 1 heterocycles. The van der Waals surface area contributed by atoms with Gasteiger partial charge in [-0.3, -0.25) is 4.79 Å². The molecule has 3 heteroatoms. The van der Waals surface area contributed by atoms with Crippen molar-refractivity contribution in [2.75, 3.05) is 0 Å². The van der Waals surface area contributed by atoms with E-state index in [2.05, 4.69) is 11.1 Å². The van der Waals surface area contributed by atoms with Crippen LogP contribution in [-0.4, -0.2) is 10.8 Å². The van der Waals surface area contributed by atoms with Crippen LogP contribution in [0.3, 0.4) is 0 Å². The molecule has 0 aliphatic carbocycles. The number of aromatic amines is 1. The van der Waals surface area contributed by atoms with Gasteiger partial charge in [0.15, 0.2) is 0 Å². The predicted octanol–water partition coefficient (Wildman–Crippen LogP) is 4.93. The van der Waals surface area contributed by atoms with Gasteiger partial charge < -0.3 is 4.98 Å². The molecule has 2 nitrogen and oxygen atoms in total. The predicted molar refractivity (Wildman–Crippen MR) is 86.9 cm³/mol. The van der Waals surface area contributed by atoms with Gasteiger partial charge >= 0.3 is 0 Å². The normalized spacial score (nSPS) is 12.5. The molecule has 0 fully saturated rings. The quantitative estimate of drug-likeness (QED) is 0.727. The zero-order chi connectivity index (χ0) is 14.8. The van der Waals surface area contributed by atoms with E-state index < -0.39 is 0 Å². The maximum atomic E-state index is 11.7. The van der Waals surface area contributed by atoms with Gasteiger partial charge in [-0.2, -0.15) is 0 Å². The molecule has 3 rings (SSSR count). The van der Waals surface area contributed by atoms with Crippen molar-refractivity contribution in [2.45, 2.75) is 19.3 Å². The Morgan fingerprint density at radius 2 is 1.86 bits per heavy atom. The second kappa shape index (κ2) is 5.74. The molecule has 0 aliphatic rings. The minimum Gasteiger partial charge on any atom is -0.361 e. The number of para-hydroxylation sites is 1. The van der Waals surface area contributed by atoms with Gasteiger partial charge in [0.05, 0.1) is 0 Å². The van der Waals surface area contributed by atoms with Crippen LogP contribution in [0.1, 0.15) is 30.4 Å². The molecule has 1 N–H and O–H groups in total. The zero-order valence-corrected chi connectivity index (χ0v) is 12.5. The first-order chi connectivity index (χ1) is 10.1. The Balaban J connectivity index is 2.11. The summed E-state index contributed by atoms with van der Waals surface area (Å²) in [5.41, 5.74) is 3.36. The van der Waals surface area contributed by atoms with E-state index in [4.69, 9.17) is 11.6 Å². The molecular formula is C18H16ClNO. The van der Waals surface area contributed by atoms with Crippen molar-refractivity contribution in [3.8, 4) is 0 Å². The second-order valence-electron chi connectivity index (χ2n) is 5.30. The van der Waals surface area contributed by atoms with E-state index in [0.717, 1.165) is 16.6 Å². The summed E-state index contributed by atoms with van der Waals surface area (Å²) in [6.07, 6.45) is 2.50.